The van der Waals surface area contributed by atoms with E-state index in [9.17, 15) is 4.79 Å². The molecule has 1 aliphatic rings. The predicted octanol–water partition coefficient (Wildman–Crippen LogP) is 0.718. The summed E-state index contributed by atoms with van der Waals surface area (Å²) < 4.78 is 0. The topological polar surface area (TPSA) is 29.1 Å². The number of carbonyl (C=O) groups excluding carboxylic acids is 1. The highest BCUT2D eigenvalue weighted by molar-refractivity contribution is 5.83. The number of rotatable bonds is 2. The van der Waals surface area contributed by atoms with Crippen molar-refractivity contribution in [1.29, 1.82) is 0 Å². The second-order valence-electron chi connectivity index (χ2n) is 2.47. The maximum absolute atomic E-state index is 11.0. The van der Waals surface area contributed by atoms with Crippen molar-refractivity contribution in [2.75, 3.05) is 6.54 Å². The van der Waals surface area contributed by atoms with E-state index in [1.165, 1.54) is 0 Å². The van der Waals surface area contributed by atoms with Crippen LogP contribution in [0.4, 0.5) is 0 Å². The Hall–Kier alpha value is -0.370. The molecule has 0 bridgehead atoms. The molecule has 1 saturated heterocycles. The normalized spacial score (nSPS) is 26.6. The van der Waals surface area contributed by atoms with Crippen LogP contribution in [0.2, 0.25) is 0 Å². The fraction of sp³-hybridized carbons (Fsp3) is 0.857. The lowest BCUT2D eigenvalue weighted by Gasteiger charge is -2.04. The van der Waals surface area contributed by atoms with Crippen molar-refractivity contribution in [3.8, 4) is 0 Å². The van der Waals surface area contributed by atoms with Crippen LogP contribution in [-0.2, 0) is 4.79 Å². The molecule has 0 aromatic heterocycles. The van der Waals surface area contributed by atoms with Gasteiger partial charge in [-0.05, 0) is 19.4 Å². The van der Waals surface area contributed by atoms with Gasteiger partial charge in [-0.15, -0.1) is 0 Å². The maximum atomic E-state index is 11.0. The third-order valence-corrected chi connectivity index (χ3v) is 1.80. The van der Waals surface area contributed by atoms with E-state index in [1.807, 2.05) is 6.92 Å². The molecule has 1 aliphatic heterocycles. The van der Waals surface area contributed by atoms with Crippen molar-refractivity contribution in [3.63, 3.8) is 0 Å². The molecular weight excluding hydrogens is 114 g/mol. The van der Waals surface area contributed by atoms with Crippen molar-refractivity contribution in [1.82, 2.24) is 5.32 Å². The lowest BCUT2D eigenvalue weighted by Crippen LogP contribution is -2.29. The van der Waals surface area contributed by atoms with Gasteiger partial charge in [0.05, 0.1) is 6.04 Å². The van der Waals surface area contributed by atoms with E-state index in [0.29, 0.717) is 12.2 Å². The van der Waals surface area contributed by atoms with Gasteiger partial charge >= 0.3 is 0 Å². The molecule has 0 saturated carbocycles. The van der Waals surface area contributed by atoms with Crippen molar-refractivity contribution < 1.29 is 4.79 Å². The van der Waals surface area contributed by atoms with Crippen LogP contribution in [-0.4, -0.2) is 18.4 Å². The van der Waals surface area contributed by atoms with Gasteiger partial charge in [0.2, 0.25) is 0 Å². The lowest BCUT2D eigenvalue weighted by molar-refractivity contribution is -0.120. The summed E-state index contributed by atoms with van der Waals surface area (Å²) in [5.74, 6) is 0.368. The number of ketones is 1. The average Bonchev–Trinajstić information content (AvgIpc) is 2.37. The average molecular weight is 127 g/mol. The molecule has 52 valence electrons. The number of hydrogen-bond donors (Lipinski definition) is 1. The Morgan fingerprint density at radius 1 is 1.78 bits per heavy atom. The Kier molecular flexibility index (Phi) is 2.22. The molecule has 1 fully saturated rings. The van der Waals surface area contributed by atoms with Gasteiger partial charge in [0.25, 0.3) is 0 Å². The quantitative estimate of drug-likeness (QED) is 0.592. The molecular formula is C7H13NO. The summed E-state index contributed by atoms with van der Waals surface area (Å²) in [4.78, 5) is 11.0. The Bertz CT molecular complexity index is 105. The monoisotopic (exact) mass is 127 g/mol. The molecule has 0 aromatic carbocycles. The summed E-state index contributed by atoms with van der Waals surface area (Å²) in [6, 6.07) is 0.190. The molecule has 0 amide bonds. The van der Waals surface area contributed by atoms with E-state index in [4.69, 9.17) is 0 Å². The van der Waals surface area contributed by atoms with Crippen LogP contribution in [0.5, 0.6) is 0 Å². The van der Waals surface area contributed by atoms with E-state index in [0.717, 1.165) is 19.4 Å². The summed E-state index contributed by atoms with van der Waals surface area (Å²) in [6.07, 6.45) is 2.89. The van der Waals surface area contributed by atoms with Crippen LogP contribution in [0.15, 0.2) is 0 Å². The van der Waals surface area contributed by atoms with Crippen molar-refractivity contribution in [2.45, 2.75) is 32.2 Å². The molecule has 1 rings (SSSR count). The molecule has 2 nitrogen and oxygen atoms in total. The molecule has 1 N–H and O–H groups in total. The standard InChI is InChI=1S/C7H13NO/c1-2-7(9)6-4-3-5-8-6/h6,8H,2-5H2,1H3/t6-/m1/s1. The van der Waals surface area contributed by atoms with Crippen LogP contribution < -0.4 is 5.32 Å². The first-order valence-corrected chi connectivity index (χ1v) is 3.60. The van der Waals surface area contributed by atoms with Gasteiger partial charge in [0, 0.05) is 6.42 Å². The summed E-state index contributed by atoms with van der Waals surface area (Å²) in [6.45, 7) is 2.94. The van der Waals surface area contributed by atoms with Crippen LogP contribution in [0.25, 0.3) is 0 Å². The molecule has 9 heavy (non-hydrogen) atoms. The van der Waals surface area contributed by atoms with Gasteiger partial charge in [0.1, 0.15) is 5.78 Å². The minimum absolute atomic E-state index is 0.190. The number of Topliss-reactive ketones (excluding diaryl/α,β-unsaturated/α-hetero) is 1. The SMILES string of the molecule is CCC(=O)[C@H]1CCCN1. The smallest absolute Gasteiger partial charge is 0.149 e. The Morgan fingerprint density at radius 3 is 3.00 bits per heavy atom. The van der Waals surface area contributed by atoms with Crippen molar-refractivity contribution in [3.05, 3.63) is 0 Å². The Labute approximate surface area is 55.6 Å². The van der Waals surface area contributed by atoms with Gasteiger partial charge in [-0.1, -0.05) is 6.92 Å². The second kappa shape index (κ2) is 2.97. The molecule has 1 heterocycles. The highest BCUT2D eigenvalue weighted by Gasteiger charge is 2.19. The highest BCUT2D eigenvalue weighted by atomic mass is 16.1. The number of hydrogen-bond acceptors (Lipinski definition) is 2. The van der Waals surface area contributed by atoms with Gasteiger partial charge in [-0.25, -0.2) is 0 Å². The Balaban J connectivity index is 2.32. The number of carbonyl (C=O) groups is 1. The van der Waals surface area contributed by atoms with Gasteiger partial charge < -0.3 is 5.32 Å². The largest absolute Gasteiger partial charge is 0.307 e. The summed E-state index contributed by atoms with van der Waals surface area (Å²) in [5, 5.41) is 3.16. The van der Waals surface area contributed by atoms with Crippen LogP contribution in [0.1, 0.15) is 26.2 Å². The van der Waals surface area contributed by atoms with E-state index >= 15 is 0 Å². The van der Waals surface area contributed by atoms with E-state index in [2.05, 4.69) is 5.32 Å². The molecule has 0 unspecified atom stereocenters. The van der Waals surface area contributed by atoms with E-state index in [-0.39, 0.29) is 6.04 Å². The molecule has 0 radical (unpaired) electrons. The van der Waals surface area contributed by atoms with Crippen molar-refractivity contribution >= 4 is 5.78 Å². The first-order valence-electron chi connectivity index (χ1n) is 3.60. The second-order valence-corrected chi connectivity index (χ2v) is 2.47. The minimum Gasteiger partial charge on any atom is -0.307 e. The minimum atomic E-state index is 0.190. The van der Waals surface area contributed by atoms with E-state index < -0.39 is 0 Å². The number of nitrogens with one attached hydrogen (secondary N) is 1. The third kappa shape index (κ3) is 1.52. The molecule has 2 heteroatoms. The van der Waals surface area contributed by atoms with E-state index in [1.54, 1.807) is 0 Å². The highest BCUT2D eigenvalue weighted by Crippen LogP contribution is 2.06. The van der Waals surface area contributed by atoms with Crippen LogP contribution >= 0.6 is 0 Å². The zero-order chi connectivity index (χ0) is 6.69. The summed E-state index contributed by atoms with van der Waals surface area (Å²) in [5.41, 5.74) is 0. The summed E-state index contributed by atoms with van der Waals surface area (Å²) >= 11 is 0. The van der Waals surface area contributed by atoms with Gasteiger partial charge in [-0.3, -0.25) is 4.79 Å². The molecule has 0 aromatic rings. The summed E-state index contributed by atoms with van der Waals surface area (Å²) in [7, 11) is 0. The molecule has 0 spiro atoms. The first-order chi connectivity index (χ1) is 4.34. The maximum Gasteiger partial charge on any atom is 0.149 e. The fourth-order valence-corrected chi connectivity index (χ4v) is 1.21. The Morgan fingerprint density at radius 2 is 2.56 bits per heavy atom. The van der Waals surface area contributed by atoms with Gasteiger partial charge in [0.15, 0.2) is 0 Å². The van der Waals surface area contributed by atoms with Crippen LogP contribution in [0.3, 0.4) is 0 Å². The van der Waals surface area contributed by atoms with Crippen LogP contribution in [0, 0.1) is 0 Å². The van der Waals surface area contributed by atoms with Gasteiger partial charge in [-0.2, -0.15) is 0 Å². The van der Waals surface area contributed by atoms with Crippen molar-refractivity contribution in [2.24, 2.45) is 0 Å². The fourth-order valence-electron chi connectivity index (χ4n) is 1.21. The molecule has 1 atom stereocenters. The predicted molar refractivity (Wildman–Crippen MR) is 36.3 cm³/mol. The molecule has 0 aliphatic carbocycles. The zero-order valence-corrected chi connectivity index (χ0v) is 5.81. The first kappa shape index (κ1) is 6.75. The zero-order valence-electron chi connectivity index (χ0n) is 5.81. The lowest BCUT2D eigenvalue weighted by atomic mass is 10.1. The third-order valence-electron chi connectivity index (χ3n) is 1.80.